The molecule has 0 spiro atoms. The third kappa shape index (κ3) is 3.69. The Labute approximate surface area is 110 Å². The third-order valence-electron chi connectivity index (χ3n) is 2.80. The molecule has 0 saturated carbocycles. The van der Waals surface area contributed by atoms with Gasteiger partial charge in [0.15, 0.2) is 0 Å². The summed E-state index contributed by atoms with van der Waals surface area (Å²) >= 11 is 0. The minimum Gasteiger partial charge on any atom is -0.306 e. The Morgan fingerprint density at radius 2 is 2.00 bits per heavy atom. The lowest BCUT2D eigenvalue weighted by atomic mass is 10.1. The molecular weight excluding hydrogens is 244 g/mol. The molecule has 102 valence electrons. The number of amides is 1. The Hall–Kier alpha value is -2.08. The average Bonchev–Trinajstić information content (AvgIpc) is 2.67. The number of rotatable bonds is 5. The van der Waals surface area contributed by atoms with Gasteiger partial charge in [-0.15, -0.1) is 0 Å². The topological polar surface area (TPSA) is 81.0 Å². The fourth-order valence-electron chi connectivity index (χ4n) is 1.99. The molecule has 1 heterocycles. The molecule has 0 aliphatic carbocycles. The van der Waals surface area contributed by atoms with Crippen LogP contribution in [0.1, 0.15) is 18.4 Å². The molecule has 0 fully saturated rings. The number of aryl methyl sites for hydroxylation is 1. The van der Waals surface area contributed by atoms with Crippen molar-refractivity contribution < 1.29 is 4.79 Å². The Bertz CT molecular complexity index is 627. The lowest BCUT2D eigenvalue weighted by Gasteiger charge is -2.11. The second-order valence-corrected chi connectivity index (χ2v) is 4.74. The summed E-state index contributed by atoms with van der Waals surface area (Å²) in [6.07, 6.45) is 2.07. The first-order valence-electron chi connectivity index (χ1n) is 6.22. The number of carbonyl (C=O) groups excluding carboxylic acids is 1. The van der Waals surface area contributed by atoms with E-state index in [4.69, 9.17) is 0 Å². The number of nitrogens with one attached hydrogen (secondary N) is 3. The summed E-state index contributed by atoms with van der Waals surface area (Å²) in [6, 6.07) is 5.79. The summed E-state index contributed by atoms with van der Waals surface area (Å²) in [4.78, 5) is 28.0. The number of imidazole rings is 1. The zero-order chi connectivity index (χ0) is 13.8. The summed E-state index contributed by atoms with van der Waals surface area (Å²) in [5, 5.41) is 1.64. The van der Waals surface area contributed by atoms with Crippen LogP contribution in [-0.4, -0.2) is 35.0 Å². The Morgan fingerprint density at radius 1 is 1.26 bits per heavy atom. The summed E-state index contributed by atoms with van der Waals surface area (Å²) in [6.45, 7) is 0. The molecule has 1 aromatic heterocycles. The van der Waals surface area contributed by atoms with Crippen LogP contribution in [-0.2, 0) is 11.2 Å². The smallest absolute Gasteiger partial charge is 0.306 e. The first-order chi connectivity index (χ1) is 9.04. The summed E-state index contributed by atoms with van der Waals surface area (Å²) in [7, 11) is 3.57. The number of hydrazine groups is 1. The van der Waals surface area contributed by atoms with Crippen molar-refractivity contribution in [1.29, 1.82) is 0 Å². The molecule has 0 radical (unpaired) electrons. The van der Waals surface area contributed by atoms with Crippen molar-refractivity contribution in [2.75, 3.05) is 14.1 Å². The molecule has 19 heavy (non-hydrogen) atoms. The van der Waals surface area contributed by atoms with E-state index in [1.54, 1.807) is 19.1 Å². The maximum absolute atomic E-state index is 11.5. The first-order valence-corrected chi connectivity index (χ1v) is 6.22. The van der Waals surface area contributed by atoms with E-state index in [0.717, 1.165) is 29.4 Å². The van der Waals surface area contributed by atoms with Crippen molar-refractivity contribution in [1.82, 2.24) is 20.4 Å². The predicted octanol–water partition coefficient (Wildman–Crippen LogP) is 0.772. The number of benzene rings is 1. The molecule has 2 rings (SSSR count). The van der Waals surface area contributed by atoms with Gasteiger partial charge < -0.3 is 9.97 Å². The molecule has 0 saturated heterocycles. The fraction of sp³-hybridized carbons (Fsp3) is 0.385. The van der Waals surface area contributed by atoms with Crippen LogP contribution in [0.5, 0.6) is 0 Å². The largest absolute Gasteiger partial charge is 0.323 e. The number of aromatic amines is 2. The van der Waals surface area contributed by atoms with E-state index in [0.29, 0.717) is 6.42 Å². The number of hydrogen-bond donors (Lipinski definition) is 3. The summed E-state index contributed by atoms with van der Waals surface area (Å²) in [5.74, 6) is 0.0149. The SMILES string of the molecule is CN(C)NC(=O)CCCc1ccc2[nH]c(=O)[nH]c2c1. The fourth-order valence-corrected chi connectivity index (χ4v) is 1.99. The number of carbonyl (C=O) groups is 1. The van der Waals surface area contributed by atoms with Gasteiger partial charge in [0.1, 0.15) is 0 Å². The second-order valence-electron chi connectivity index (χ2n) is 4.74. The molecule has 0 bridgehead atoms. The molecule has 3 N–H and O–H groups in total. The van der Waals surface area contributed by atoms with Gasteiger partial charge in [-0.3, -0.25) is 10.2 Å². The van der Waals surface area contributed by atoms with Gasteiger partial charge >= 0.3 is 5.69 Å². The highest BCUT2D eigenvalue weighted by atomic mass is 16.2. The highest BCUT2D eigenvalue weighted by Crippen LogP contribution is 2.12. The summed E-state index contributed by atoms with van der Waals surface area (Å²) < 4.78 is 0. The summed E-state index contributed by atoms with van der Waals surface area (Å²) in [5.41, 5.74) is 5.23. The van der Waals surface area contributed by atoms with Crippen LogP contribution in [0.4, 0.5) is 0 Å². The molecule has 0 unspecified atom stereocenters. The number of nitrogens with zero attached hydrogens (tertiary/aromatic N) is 1. The third-order valence-corrected chi connectivity index (χ3v) is 2.80. The van der Waals surface area contributed by atoms with Crippen LogP contribution in [0.15, 0.2) is 23.0 Å². The molecule has 0 aliphatic rings. The highest BCUT2D eigenvalue weighted by Gasteiger charge is 2.03. The van der Waals surface area contributed by atoms with Crippen LogP contribution >= 0.6 is 0 Å². The molecule has 1 amide bonds. The van der Waals surface area contributed by atoms with Gasteiger partial charge in [0.25, 0.3) is 0 Å². The number of hydrogen-bond acceptors (Lipinski definition) is 3. The van der Waals surface area contributed by atoms with Gasteiger partial charge in [-0.25, -0.2) is 9.80 Å². The van der Waals surface area contributed by atoms with Gasteiger partial charge in [0.05, 0.1) is 11.0 Å². The maximum atomic E-state index is 11.5. The minimum atomic E-state index is -0.197. The molecule has 6 nitrogen and oxygen atoms in total. The van der Waals surface area contributed by atoms with Gasteiger partial charge in [0.2, 0.25) is 5.91 Å². The molecule has 0 aliphatic heterocycles. The van der Waals surface area contributed by atoms with Crippen molar-refractivity contribution in [3.8, 4) is 0 Å². The number of aromatic nitrogens is 2. The zero-order valence-corrected chi connectivity index (χ0v) is 11.1. The van der Waals surface area contributed by atoms with Crippen LogP contribution in [0.2, 0.25) is 0 Å². The van der Waals surface area contributed by atoms with Crippen LogP contribution in [0.3, 0.4) is 0 Å². The van der Waals surface area contributed by atoms with E-state index in [2.05, 4.69) is 15.4 Å². The van der Waals surface area contributed by atoms with Crippen molar-refractivity contribution in [3.05, 3.63) is 34.2 Å². The van der Waals surface area contributed by atoms with Crippen LogP contribution < -0.4 is 11.1 Å². The molecule has 2 aromatic rings. The first kappa shape index (κ1) is 13.4. The second kappa shape index (κ2) is 5.71. The van der Waals surface area contributed by atoms with E-state index in [1.807, 2.05) is 18.2 Å². The predicted molar refractivity (Wildman–Crippen MR) is 73.7 cm³/mol. The zero-order valence-electron chi connectivity index (χ0n) is 11.1. The van der Waals surface area contributed by atoms with Crippen molar-refractivity contribution in [2.24, 2.45) is 0 Å². The van der Waals surface area contributed by atoms with E-state index < -0.39 is 0 Å². The number of fused-ring (bicyclic) bond motifs is 1. The van der Waals surface area contributed by atoms with Gasteiger partial charge in [-0.05, 0) is 30.5 Å². The van der Waals surface area contributed by atoms with E-state index in [-0.39, 0.29) is 11.6 Å². The van der Waals surface area contributed by atoms with Gasteiger partial charge in [-0.2, -0.15) is 0 Å². The number of H-pyrrole nitrogens is 2. The lowest BCUT2D eigenvalue weighted by molar-refractivity contribution is -0.124. The Morgan fingerprint density at radius 3 is 2.74 bits per heavy atom. The highest BCUT2D eigenvalue weighted by molar-refractivity contribution is 5.76. The van der Waals surface area contributed by atoms with Crippen LogP contribution in [0.25, 0.3) is 11.0 Å². The molecular formula is C13H18N4O2. The van der Waals surface area contributed by atoms with E-state index >= 15 is 0 Å². The maximum Gasteiger partial charge on any atom is 0.323 e. The molecule has 0 atom stereocenters. The van der Waals surface area contributed by atoms with Crippen molar-refractivity contribution >= 4 is 16.9 Å². The molecule has 1 aromatic carbocycles. The van der Waals surface area contributed by atoms with Gasteiger partial charge in [0, 0.05) is 20.5 Å². The Balaban J connectivity index is 1.91. The Kier molecular flexibility index (Phi) is 4.01. The van der Waals surface area contributed by atoms with Crippen LogP contribution in [0, 0.1) is 0 Å². The average molecular weight is 262 g/mol. The van der Waals surface area contributed by atoms with E-state index in [9.17, 15) is 9.59 Å². The minimum absolute atomic E-state index is 0.0149. The van der Waals surface area contributed by atoms with Gasteiger partial charge in [-0.1, -0.05) is 6.07 Å². The quantitative estimate of drug-likeness (QED) is 0.696. The molecule has 6 heteroatoms. The van der Waals surface area contributed by atoms with Crippen molar-refractivity contribution in [3.63, 3.8) is 0 Å². The normalized spacial score (nSPS) is 11.1. The van der Waals surface area contributed by atoms with Crippen molar-refractivity contribution in [2.45, 2.75) is 19.3 Å². The lowest BCUT2D eigenvalue weighted by Crippen LogP contribution is -2.35. The standard InChI is InChI=1S/C13H18N4O2/c1-17(2)16-12(18)5-3-4-9-6-7-10-11(8-9)15-13(19)14-10/h6-8H,3-5H2,1-2H3,(H,16,18)(H2,14,15,19). The monoisotopic (exact) mass is 262 g/mol. The van der Waals surface area contributed by atoms with E-state index in [1.165, 1.54) is 0 Å².